The summed E-state index contributed by atoms with van der Waals surface area (Å²) in [5, 5.41) is 5.53. The molecule has 9 heteroatoms. The number of halogens is 1. The highest BCUT2D eigenvalue weighted by atomic mass is 19.1. The van der Waals surface area contributed by atoms with E-state index in [9.17, 15) is 18.8 Å². The van der Waals surface area contributed by atoms with Crippen LogP contribution in [0, 0.1) is 18.7 Å². The summed E-state index contributed by atoms with van der Waals surface area (Å²) in [7, 11) is 0. The Bertz CT molecular complexity index is 1540. The second-order valence-corrected chi connectivity index (χ2v) is 8.75. The van der Waals surface area contributed by atoms with Crippen LogP contribution in [0.3, 0.4) is 0 Å². The average Bonchev–Trinajstić information content (AvgIpc) is 3.73. The van der Waals surface area contributed by atoms with E-state index in [1.54, 1.807) is 42.6 Å². The molecule has 2 N–H and O–H groups in total. The fraction of sp³-hybridized carbons (Fsp3) is 0.143. The van der Waals surface area contributed by atoms with E-state index in [2.05, 4.69) is 15.6 Å². The van der Waals surface area contributed by atoms with Gasteiger partial charge in [0.2, 0.25) is 5.91 Å². The zero-order valence-electron chi connectivity index (χ0n) is 19.9. The molecule has 1 saturated carbocycles. The average molecular weight is 499 g/mol. The number of nitrogens with zero attached hydrogens (tertiary/aromatic N) is 2. The molecule has 186 valence electrons. The van der Waals surface area contributed by atoms with Crippen molar-refractivity contribution >= 4 is 23.3 Å². The Morgan fingerprint density at radius 1 is 1.03 bits per heavy atom. The minimum Gasteiger partial charge on any atom is -0.457 e. The molecule has 0 aliphatic heterocycles. The van der Waals surface area contributed by atoms with Crippen molar-refractivity contribution in [2.75, 3.05) is 10.6 Å². The maximum Gasteiger partial charge on any atom is 0.267 e. The van der Waals surface area contributed by atoms with Gasteiger partial charge in [0.05, 0.1) is 0 Å². The van der Waals surface area contributed by atoms with E-state index >= 15 is 0 Å². The lowest BCUT2D eigenvalue weighted by atomic mass is 10.2. The highest BCUT2D eigenvalue weighted by Gasteiger charge is 2.29. The van der Waals surface area contributed by atoms with Gasteiger partial charge >= 0.3 is 0 Å². The van der Waals surface area contributed by atoms with E-state index in [-0.39, 0.29) is 17.4 Å². The van der Waals surface area contributed by atoms with Crippen LogP contribution in [0.25, 0.3) is 5.69 Å². The summed E-state index contributed by atoms with van der Waals surface area (Å²) in [6.45, 7) is 1.83. The van der Waals surface area contributed by atoms with Crippen molar-refractivity contribution in [1.29, 1.82) is 0 Å². The first-order valence-corrected chi connectivity index (χ1v) is 11.7. The largest absolute Gasteiger partial charge is 0.457 e. The van der Waals surface area contributed by atoms with Gasteiger partial charge in [-0.3, -0.25) is 19.0 Å². The Balaban J connectivity index is 1.29. The summed E-state index contributed by atoms with van der Waals surface area (Å²) >= 11 is 0. The van der Waals surface area contributed by atoms with Gasteiger partial charge in [-0.25, -0.2) is 9.37 Å². The number of anilines is 2. The summed E-state index contributed by atoms with van der Waals surface area (Å²) in [6, 6.07) is 16.9. The van der Waals surface area contributed by atoms with Gasteiger partial charge in [0.15, 0.2) is 0 Å². The molecule has 37 heavy (non-hydrogen) atoms. The Hall–Kier alpha value is -4.79. The number of hydrogen-bond acceptors (Lipinski definition) is 5. The molecular formula is C28H23FN4O4. The molecule has 1 aliphatic rings. The molecule has 0 saturated heterocycles. The van der Waals surface area contributed by atoms with Crippen molar-refractivity contribution < 1.29 is 18.7 Å². The molecule has 2 aromatic heterocycles. The van der Waals surface area contributed by atoms with Crippen LogP contribution in [-0.4, -0.2) is 21.4 Å². The molecule has 2 aromatic carbocycles. The standard InChI is InChI=1S/C28H23FN4O4/c1-17-15-20(8-11-24(17)37-22-12-13-30-25(16-22)32-26(34)18-4-5-18)31-27(35)23-3-2-14-33(28(23)36)21-9-6-19(29)7-10-21/h2-3,6-16,18H,4-5H2,1H3,(H,31,35)(H,30,32,34). The van der Waals surface area contributed by atoms with Gasteiger partial charge in [-0.1, -0.05) is 0 Å². The number of carbonyl (C=O) groups is 2. The summed E-state index contributed by atoms with van der Waals surface area (Å²) in [4.78, 5) is 41.9. The molecule has 0 atom stereocenters. The van der Waals surface area contributed by atoms with Crippen LogP contribution in [0.15, 0.2) is 83.9 Å². The number of ether oxygens (including phenoxy) is 1. The van der Waals surface area contributed by atoms with Gasteiger partial charge in [-0.15, -0.1) is 0 Å². The highest BCUT2D eigenvalue weighted by Crippen LogP contribution is 2.31. The number of aromatic nitrogens is 2. The predicted octanol–water partition coefficient (Wildman–Crippen LogP) is 5.07. The lowest BCUT2D eigenvalue weighted by Crippen LogP contribution is -2.27. The monoisotopic (exact) mass is 498 g/mol. The molecule has 4 aromatic rings. The lowest BCUT2D eigenvalue weighted by molar-refractivity contribution is -0.117. The van der Waals surface area contributed by atoms with Gasteiger partial charge in [-0.2, -0.15) is 0 Å². The van der Waals surface area contributed by atoms with E-state index < -0.39 is 17.3 Å². The number of benzene rings is 2. The minimum absolute atomic E-state index is 0.0382. The number of hydrogen-bond donors (Lipinski definition) is 2. The van der Waals surface area contributed by atoms with E-state index in [4.69, 9.17) is 4.74 Å². The quantitative estimate of drug-likeness (QED) is 0.370. The van der Waals surface area contributed by atoms with Crippen LogP contribution in [0.5, 0.6) is 11.5 Å². The molecule has 5 rings (SSSR count). The molecule has 0 unspecified atom stereocenters. The SMILES string of the molecule is Cc1cc(NC(=O)c2cccn(-c3ccc(F)cc3)c2=O)ccc1Oc1ccnc(NC(=O)C2CC2)c1. The van der Waals surface area contributed by atoms with Gasteiger partial charge < -0.3 is 15.4 Å². The van der Waals surface area contributed by atoms with Crippen molar-refractivity contribution in [2.45, 2.75) is 19.8 Å². The maximum atomic E-state index is 13.2. The van der Waals surface area contributed by atoms with Crippen LogP contribution < -0.4 is 20.9 Å². The minimum atomic E-state index is -0.570. The second-order valence-electron chi connectivity index (χ2n) is 8.75. The van der Waals surface area contributed by atoms with Crippen LogP contribution in [-0.2, 0) is 4.79 Å². The van der Waals surface area contributed by atoms with Gasteiger partial charge in [0, 0.05) is 35.8 Å². The number of nitrogens with one attached hydrogen (secondary N) is 2. The molecule has 2 heterocycles. The fourth-order valence-corrected chi connectivity index (χ4v) is 3.76. The van der Waals surface area contributed by atoms with E-state index in [1.807, 2.05) is 6.92 Å². The maximum absolute atomic E-state index is 13.2. The molecule has 1 fully saturated rings. The third kappa shape index (κ3) is 5.56. The van der Waals surface area contributed by atoms with Crippen molar-refractivity contribution in [2.24, 2.45) is 5.92 Å². The van der Waals surface area contributed by atoms with Gasteiger partial charge in [0.1, 0.15) is 28.7 Å². The highest BCUT2D eigenvalue weighted by molar-refractivity contribution is 6.04. The molecule has 1 aliphatic carbocycles. The van der Waals surface area contributed by atoms with Crippen LogP contribution in [0.4, 0.5) is 15.9 Å². The predicted molar refractivity (Wildman–Crippen MR) is 137 cm³/mol. The third-order valence-corrected chi connectivity index (χ3v) is 5.89. The van der Waals surface area contributed by atoms with Crippen LogP contribution >= 0.6 is 0 Å². The van der Waals surface area contributed by atoms with Gasteiger partial charge in [-0.05, 0) is 86.0 Å². The second kappa shape index (κ2) is 10.1. The first-order chi connectivity index (χ1) is 17.9. The normalized spacial score (nSPS) is 12.6. The summed E-state index contributed by atoms with van der Waals surface area (Å²) in [5.41, 5.74) is 1.10. The molecule has 0 bridgehead atoms. The smallest absolute Gasteiger partial charge is 0.267 e. The Labute approximate surface area is 211 Å². The van der Waals surface area contributed by atoms with Crippen LogP contribution in [0.1, 0.15) is 28.8 Å². The first kappa shape index (κ1) is 23.9. The first-order valence-electron chi connectivity index (χ1n) is 11.7. The number of pyridine rings is 2. The van der Waals surface area contributed by atoms with Crippen molar-refractivity contribution in [3.63, 3.8) is 0 Å². The molecule has 8 nitrogen and oxygen atoms in total. The number of aryl methyl sites for hydroxylation is 1. The van der Waals surface area contributed by atoms with Gasteiger partial charge in [0.25, 0.3) is 11.5 Å². The van der Waals surface area contributed by atoms with Crippen molar-refractivity contribution in [3.05, 3.63) is 106 Å². The number of carbonyl (C=O) groups excluding carboxylic acids is 2. The lowest BCUT2D eigenvalue weighted by Gasteiger charge is -2.12. The molecule has 0 spiro atoms. The Kier molecular flexibility index (Phi) is 6.51. The summed E-state index contributed by atoms with van der Waals surface area (Å²) in [6.07, 6.45) is 4.88. The van der Waals surface area contributed by atoms with E-state index in [1.165, 1.54) is 41.1 Å². The molecule has 2 amide bonds. The Morgan fingerprint density at radius 3 is 2.54 bits per heavy atom. The van der Waals surface area contributed by atoms with E-state index in [0.717, 1.165) is 18.4 Å². The zero-order valence-corrected chi connectivity index (χ0v) is 19.9. The number of rotatable bonds is 7. The molecule has 0 radical (unpaired) electrons. The Morgan fingerprint density at radius 2 is 1.81 bits per heavy atom. The van der Waals surface area contributed by atoms with Crippen molar-refractivity contribution in [3.8, 4) is 17.2 Å². The topological polar surface area (TPSA) is 102 Å². The zero-order chi connectivity index (χ0) is 25.9. The summed E-state index contributed by atoms with van der Waals surface area (Å²) in [5.74, 6) is 0.526. The number of amides is 2. The fourth-order valence-electron chi connectivity index (χ4n) is 3.76. The molecular weight excluding hydrogens is 475 g/mol. The van der Waals surface area contributed by atoms with E-state index in [0.29, 0.717) is 28.7 Å². The third-order valence-electron chi connectivity index (χ3n) is 5.89. The summed E-state index contributed by atoms with van der Waals surface area (Å²) < 4.78 is 20.5. The van der Waals surface area contributed by atoms with Crippen LogP contribution in [0.2, 0.25) is 0 Å². The van der Waals surface area contributed by atoms with Crippen molar-refractivity contribution in [1.82, 2.24) is 9.55 Å².